The van der Waals surface area contributed by atoms with E-state index in [1.807, 2.05) is 4.90 Å². The molecule has 62 heavy (non-hydrogen) atoms. The van der Waals surface area contributed by atoms with Crippen LogP contribution in [0.4, 0.5) is 0 Å². The first kappa shape index (κ1) is 53.3. The van der Waals surface area contributed by atoms with Crippen molar-refractivity contribution in [3.63, 3.8) is 0 Å². The summed E-state index contributed by atoms with van der Waals surface area (Å²) < 4.78 is 0. The van der Waals surface area contributed by atoms with Crippen LogP contribution in [0.25, 0.3) is 0 Å². The normalized spacial score (nSPS) is 24.7. The molecule has 0 bridgehead atoms. The lowest BCUT2D eigenvalue weighted by molar-refractivity contribution is -0.140. The Balaban J connectivity index is 0.000000205. The van der Waals surface area contributed by atoms with Gasteiger partial charge in [0.05, 0.1) is 17.6 Å². The largest absolute Gasteiger partial charge is 0.389 e. The molecule has 0 spiro atoms. The molecule has 2 amide bonds. The van der Waals surface area contributed by atoms with E-state index in [-0.39, 0.29) is 5.91 Å². The molecule has 6 rings (SSSR count). The van der Waals surface area contributed by atoms with E-state index in [4.69, 9.17) is 0 Å². The van der Waals surface area contributed by atoms with Gasteiger partial charge in [0.25, 0.3) is 0 Å². The fourth-order valence-corrected chi connectivity index (χ4v) is 11.3. The molecule has 6 saturated heterocycles. The Hall–Kier alpha value is -1.30. The molecule has 0 aliphatic carbocycles. The van der Waals surface area contributed by atoms with E-state index in [1.165, 1.54) is 71.1 Å². The zero-order valence-corrected chi connectivity index (χ0v) is 42.4. The van der Waals surface area contributed by atoms with E-state index >= 15 is 0 Å². The van der Waals surface area contributed by atoms with Crippen LogP contribution in [0.3, 0.4) is 0 Å². The minimum atomic E-state index is -0.780. The fraction of sp³-hybridized carbons (Fsp3) is 0.962. The summed E-state index contributed by atoms with van der Waals surface area (Å²) in [4.78, 5) is 39.0. The number of likely N-dealkylation sites (tertiary alicyclic amines) is 6. The molecule has 0 unspecified atom stereocenters. The highest BCUT2D eigenvalue weighted by Crippen LogP contribution is 2.31. The van der Waals surface area contributed by atoms with Crippen LogP contribution >= 0.6 is 0 Å². The average molecular weight is 873 g/mol. The number of nitrogens with zero attached hydrogens (tertiary/aromatic N) is 6. The Bertz CT molecular complexity index is 1260. The molecular formula is C52H100N6O4. The number of hydrogen-bond donors (Lipinski definition) is 2. The molecule has 10 heteroatoms. The highest BCUT2D eigenvalue weighted by Gasteiger charge is 2.38. The Labute approximate surface area is 382 Å². The summed E-state index contributed by atoms with van der Waals surface area (Å²) in [6.07, 6.45) is 15.4. The van der Waals surface area contributed by atoms with Gasteiger partial charge in [0.15, 0.2) is 0 Å². The summed E-state index contributed by atoms with van der Waals surface area (Å²) >= 11 is 0. The maximum Gasteiger partial charge on any atom is 0.225 e. The predicted octanol–water partition coefficient (Wildman–Crippen LogP) is 8.24. The summed E-state index contributed by atoms with van der Waals surface area (Å²) in [5.41, 5.74) is -1.21. The van der Waals surface area contributed by atoms with Crippen molar-refractivity contribution in [3.05, 3.63) is 0 Å². The number of rotatable bonds is 12. The van der Waals surface area contributed by atoms with Gasteiger partial charge >= 0.3 is 0 Å². The number of amides is 2. The van der Waals surface area contributed by atoms with Crippen LogP contribution < -0.4 is 0 Å². The second kappa shape index (κ2) is 25.6. The van der Waals surface area contributed by atoms with Gasteiger partial charge in [-0.3, -0.25) is 9.59 Å². The Morgan fingerprint density at radius 1 is 0.484 bits per heavy atom. The molecule has 0 radical (unpaired) electrons. The minimum absolute atomic E-state index is 0.155. The first-order valence-corrected chi connectivity index (χ1v) is 26.2. The maximum absolute atomic E-state index is 12.5. The molecule has 0 aromatic heterocycles. The Morgan fingerprint density at radius 3 is 1.24 bits per heavy atom. The lowest BCUT2D eigenvalue weighted by Crippen LogP contribution is -2.53. The SMILES string of the molecule is CC(C)C1CCN(C(=O)CC2(O)CCN(C(C)C)CC2)CC1.CC(C)C1CCN(C(=O)CC2CCN(C(C)C)CC2)CC1.CCC1CCN(CC2(O)CCN(C(C)C)CC2)CC1. The summed E-state index contributed by atoms with van der Waals surface area (Å²) in [5, 5.41) is 21.5. The zero-order chi connectivity index (χ0) is 45.6. The second-order valence-corrected chi connectivity index (χ2v) is 22.7. The molecule has 6 aliphatic rings. The standard InChI is InChI=1S/C18H34N2O2.C18H34N2O.C16H32N2O/c1-14(2)16-5-9-20(10-6-16)17(21)13-18(22)7-11-19(12-8-18)15(3)4;1-14(2)17-7-11-20(12-8-17)18(21)13-16-5-9-19(10-6-16)15(3)4;1-4-15-5-9-17(10-6-15)13-16(19)7-11-18(12-8-16)14(2)3/h14-16,22H,5-13H2,1-4H3;14-17H,5-13H2,1-4H3;14-15,19H,4-13H2,1-3H3. The molecular weight excluding hydrogens is 773 g/mol. The van der Waals surface area contributed by atoms with E-state index in [0.717, 1.165) is 128 Å². The van der Waals surface area contributed by atoms with Gasteiger partial charge in [0.2, 0.25) is 11.8 Å². The van der Waals surface area contributed by atoms with Crippen molar-refractivity contribution in [1.82, 2.24) is 29.4 Å². The maximum atomic E-state index is 12.5. The van der Waals surface area contributed by atoms with Gasteiger partial charge < -0.3 is 39.6 Å². The third-order valence-corrected chi connectivity index (χ3v) is 16.7. The molecule has 6 fully saturated rings. The molecule has 6 aliphatic heterocycles. The van der Waals surface area contributed by atoms with E-state index in [0.29, 0.717) is 42.3 Å². The van der Waals surface area contributed by atoms with Gasteiger partial charge in [0, 0.05) is 83.4 Å². The van der Waals surface area contributed by atoms with Crippen molar-refractivity contribution in [1.29, 1.82) is 0 Å². The summed E-state index contributed by atoms with van der Waals surface area (Å²) in [6.45, 7) is 38.1. The van der Waals surface area contributed by atoms with E-state index in [2.05, 4.69) is 101 Å². The fourth-order valence-electron chi connectivity index (χ4n) is 11.3. The Kier molecular flexibility index (Phi) is 22.0. The number of aliphatic hydroxyl groups is 2. The second-order valence-electron chi connectivity index (χ2n) is 22.7. The van der Waals surface area contributed by atoms with E-state index in [1.54, 1.807) is 0 Å². The van der Waals surface area contributed by atoms with Gasteiger partial charge in [-0.25, -0.2) is 0 Å². The topological polar surface area (TPSA) is 94.0 Å². The van der Waals surface area contributed by atoms with Crippen LogP contribution in [0.5, 0.6) is 0 Å². The van der Waals surface area contributed by atoms with Crippen LogP contribution in [-0.4, -0.2) is 166 Å². The third-order valence-electron chi connectivity index (χ3n) is 16.7. The number of β-amino-alcohol motifs (C(OH)–C–C–N with tert-alkyl or cyclic N) is 1. The van der Waals surface area contributed by atoms with Crippen molar-refractivity contribution in [2.75, 3.05) is 85.1 Å². The number of carbonyl (C=O) groups is 2. The highest BCUT2D eigenvalue weighted by atomic mass is 16.3. The van der Waals surface area contributed by atoms with Crippen molar-refractivity contribution in [2.24, 2.45) is 35.5 Å². The first-order valence-electron chi connectivity index (χ1n) is 26.2. The van der Waals surface area contributed by atoms with Gasteiger partial charge in [-0.1, -0.05) is 41.0 Å². The molecule has 2 N–H and O–H groups in total. The number of hydrogen-bond acceptors (Lipinski definition) is 8. The van der Waals surface area contributed by atoms with E-state index in [9.17, 15) is 19.8 Å². The number of carbonyl (C=O) groups excluding carboxylic acids is 2. The van der Waals surface area contributed by atoms with Crippen LogP contribution in [0, 0.1) is 35.5 Å². The highest BCUT2D eigenvalue weighted by molar-refractivity contribution is 5.77. The van der Waals surface area contributed by atoms with Gasteiger partial charge in [-0.05, 0) is 180 Å². The molecule has 362 valence electrons. The molecule has 0 atom stereocenters. The quantitative estimate of drug-likeness (QED) is 0.203. The third kappa shape index (κ3) is 17.2. The average Bonchev–Trinajstić information content (AvgIpc) is 3.24. The van der Waals surface area contributed by atoms with Crippen molar-refractivity contribution < 1.29 is 19.8 Å². The lowest BCUT2D eigenvalue weighted by Gasteiger charge is -2.43. The number of piperidine rings is 6. The van der Waals surface area contributed by atoms with Crippen molar-refractivity contribution >= 4 is 11.8 Å². The molecule has 6 heterocycles. The van der Waals surface area contributed by atoms with Crippen molar-refractivity contribution in [3.8, 4) is 0 Å². The minimum Gasteiger partial charge on any atom is -0.389 e. The Morgan fingerprint density at radius 2 is 0.855 bits per heavy atom. The van der Waals surface area contributed by atoms with Crippen LogP contribution in [-0.2, 0) is 9.59 Å². The van der Waals surface area contributed by atoms with Gasteiger partial charge in [0.1, 0.15) is 0 Å². The molecule has 10 nitrogen and oxygen atoms in total. The molecule has 0 aromatic rings. The summed E-state index contributed by atoms with van der Waals surface area (Å²) in [6, 6.07) is 1.79. The van der Waals surface area contributed by atoms with Gasteiger partial charge in [-0.15, -0.1) is 0 Å². The van der Waals surface area contributed by atoms with Crippen molar-refractivity contribution in [2.45, 2.75) is 202 Å². The molecule has 0 saturated carbocycles. The van der Waals surface area contributed by atoms with Crippen LogP contribution in [0.2, 0.25) is 0 Å². The smallest absolute Gasteiger partial charge is 0.225 e. The monoisotopic (exact) mass is 873 g/mol. The summed E-state index contributed by atoms with van der Waals surface area (Å²) in [7, 11) is 0. The summed E-state index contributed by atoms with van der Waals surface area (Å²) in [5.74, 6) is 5.17. The lowest BCUT2D eigenvalue weighted by atomic mass is 9.85. The molecule has 0 aromatic carbocycles. The van der Waals surface area contributed by atoms with Crippen LogP contribution in [0.15, 0.2) is 0 Å². The first-order chi connectivity index (χ1) is 29.3. The zero-order valence-electron chi connectivity index (χ0n) is 42.4. The van der Waals surface area contributed by atoms with Gasteiger partial charge in [-0.2, -0.15) is 0 Å². The van der Waals surface area contributed by atoms with Crippen LogP contribution in [0.1, 0.15) is 172 Å². The predicted molar refractivity (Wildman–Crippen MR) is 258 cm³/mol. The van der Waals surface area contributed by atoms with E-state index < -0.39 is 11.2 Å².